The third-order valence-corrected chi connectivity index (χ3v) is 4.20. The van der Waals surface area contributed by atoms with Crippen LogP contribution >= 0.6 is 11.6 Å². The zero-order chi connectivity index (χ0) is 14.5. The van der Waals surface area contributed by atoms with Crippen molar-refractivity contribution >= 4 is 17.5 Å². The standard InChI is InChI=1S/C14H20ClNO3/c1-3-14(4-2,8-15)9-16-13(19)11-7-10(17)5-6-12(11)18/h5-7,17-18H,3-4,8-9H2,1-2H3,(H,16,19). The van der Waals surface area contributed by atoms with E-state index in [1.807, 2.05) is 13.8 Å². The summed E-state index contributed by atoms with van der Waals surface area (Å²) in [5.41, 5.74) is -0.0698. The zero-order valence-electron chi connectivity index (χ0n) is 11.2. The minimum Gasteiger partial charge on any atom is -0.508 e. The van der Waals surface area contributed by atoms with Crippen LogP contribution in [-0.2, 0) is 0 Å². The van der Waals surface area contributed by atoms with Gasteiger partial charge in [-0.1, -0.05) is 13.8 Å². The smallest absolute Gasteiger partial charge is 0.255 e. The van der Waals surface area contributed by atoms with E-state index in [-0.39, 0.29) is 22.5 Å². The molecule has 0 saturated heterocycles. The lowest BCUT2D eigenvalue weighted by molar-refractivity contribution is 0.0928. The van der Waals surface area contributed by atoms with Gasteiger partial charge in [-0.2, -0.15) is 0 Å². The molecule has 0 aliphatic heterocycles. The van der Waals surface area contributed by atoms with Crippen LogP contribution in [0.15, 0.2) is 18.2 Å². The molecular weight excluding hydrogens is 266 g/mol. The fourth-order valence-electron chi connectivity index (χ4n) is 1.81. The number of rotatable bonds is 6. The van der Waals surface area contributed by atoms with Crippen molar-refractivity contribution in [2.75, 3.05) is 12.4 Å². The van der Waals surface area contributed by atoms with Gasteiger partial charge in [-0.15, -0.1) is 11.6 Å². The Morgan fingerprint density at radius 1 is 1.32 bits per heavy atom. The lowest BCUT2D eigenvalue weighted by Gasteiger charge is -2.29. The molecular formula is C14H20ClNO3. The Balaban J connectivity index is 2.77. The van der Waals surface area contributed by atoms with E-state index in [0.29, 0.717) is 12.4 Å². The molecule has 0 aliphatic carbocycles. The van der Waals surface area contributed by atoms with Crippen molar-refractivity contribution in [2.24, 2.45) is 5.41 Å². The molecule has 19 heavy (non-hydrogen) atoms. The molecule has 0 unspecified atom stereocenters. The van der Waals surface area contributed by atoms with Crippen LogP contribution in [0.1, 0.15) is 37.0 Å². The third kappa shape index (κ3) is 3.77. The molecule has 0 spiro atoms. The highest BCUT2D eigenvalue weighted by molar-refractivity contribution is 6.18. The summed E-state index contributed by atoms with van der Waals surface area (Å²) in [6, 6.07) is 3.86. The summed E-state index contributed by atoms with van der Waals surface area (Å²) in [6.07, 6.45) is 1.72. The Hall–Kier alpha value is -1.42. The highest BCUT2D eigenvalue weighted by atomic mass is 35.5. The van der Waals surface area contributed by atoms with Gasteiger partial charge in [-0.05, 0) is 31.0 Å². The summed E-state index contributed by atoms with van der Waals surface area (Å²) >= 11 is 5.97. The fourth-order valence-corrected chi connectivity index (χ4v) is 2.28. The number of amides is 1. The first-order chi connectivity index (χ1) is 8.98. The number of benzene rings is 1. The molecule has 1 amide bonds. The number of nitrogens with one attached hydrogen (secondary N) is 1. The molecule has 1 aromatic rings. The van der Waals surface area contributed by atoms with Gasteiger partial charge in [0.15, 0.2) is 0 Å². The van der Waals surface area contributed by atoms with Gasteiger partial charge in [-0.25, -0.2) is 0 Å². The van der Waals surface area contributed by atoms with Gasteiger partial charge in [-0.3, -0.25) is 4.79 Å². The van der Waals surface area contributed by atoms with Crippen LogP contribution in [0.4, 0.5) is 0 Å². The van der Waals surface area contributed by atoms with Gasteiger partial charge in [0.2, 0.25) is 0 Å². The fraction of sp³-hybridized carbons (Fsp3) is 0.500. The highest BCUT2D eigenvalue weighted by Gasteiger charge is 2.26. The predicted octanol–water partition coefficient (Wildman–Crippen LogP) is 2.87. The van der Waals surface area contributed by atoms with Crippen LogP contribution in [0, 0.1) is 5.41 Å². The van der Waals surface area contributed by atoms with Crippen LogP contribution in [-0.4, -0.2) is 28.5 Å². The topological polar surface area (TPSA) is 69.6 Å². The second-order valence-electron chi connectivity index (χ2n) is 4.72. The first-order valence-corrected chi connectivity index (χ1v) is 6.87. The lowest BCUT2D eigenvalue weighted by atomic mass is 9.84. The van der Waals surface area contributed by atoms with Crippen LogP contribution in [0.3, 0.4) is 0 Å². The van der Waals surface area contributed by atoms with E-state index in [2.05, 4.69) is 5.32 Å². The lowest BCUT2D eigenvalue weighted by Crippen LogP contribution is -2.38. The van der Waals surface area contributed by atoms with E-state index in [1.165, 1.54) is 18.2 Å². The van der Waals surface area contributed by atoms with Crippen LogP contribution in [0.5, 0.6) is 11.5 Å². The molecule has 0 heterocycles. The monoisotopic (exact) mass is 285 g/mol. The Labute approximate surface area is 118 Å². The van der Waals surface area contributed by atoms with Crippen LogP contribution in [0.2, 0.25) is 0 Å². The largest absolute Gasteiger partial charge is 0.508 e. The van der Waals surface area contributed by atoms with E-state index >= 15 is 0 Å². The minimum atomic E-state index is -0.412. The summed E-state index contributed by atoms with van der Waals surface area (Å²) in [6.45, 7) is 4.51. The second-order valence-corrected chi connectivity index (χ2v) is 4.99. The van der Waals surface area contributed by atoms with Crippen molar-refractivity contribution in [2.45, 2.75) is 26.7 Å². The molecule has 1 rings (SSSR count). The number of hydrogen-bond acceptors (Lipinski definition) is 3. The van der Waals surface area contributed by atoms with Crippen LogP contribution < -0.4 is 5.32 Å². The summed E-state index contributed by atoms with van der Waals surface area (Å²) in [5.74, 6) is -0.158. The quantitative estimate of drug-likeness (QED) is 0.556. The van der Waals surface area contributed by atoms with Gasteiger partial charge in [0.25, 0.3) is 5.91 Å². The number of carbonyl (C=O) groups is 1. The maximum absolute atomic E-state index is 12.0. The molecule has 1 aromatic carbocycles. The van der Waals surface area contributed by atoms with Gasteiger partial charge in [0, 0.05) is 17.8 Å². The normalized spacial score (nSPS) is 11.3. The van der Waals surface area contributed by atoms with Crippen molar-refractivity contribution in [3.8, 4) is 11.5 Å². The van der Waals surface area contributed by atoms with Gasteiger partial charge in [0.05, 0.1) is 5.56 Å². The Kier molecular flexibility index (Phi) is 5.48. The van der Waals surface area contributed by atoms with E-state index in [1.54, 1.807) is 0 Å². The summed E-state index contributed by atoms with van der Waals surface area (Å²) < 4.78 is 0. The minimum absolute atomic E-state index is 0.0578. The van der Waals surface area contributed by atoms with Crippen molar-refractivity contribution in [1.82, 2.24) is 5.32 Å². The Morgan fingerprint density at radius 2 is 1.95 bits per heavy atom. The number of phenolic OH excluding ortho intramolecular Hbond substituents is 2. The zero-order valence-corrected chi connectivity index (χ0v) is 12.0. The summed E-state index contributed by atoms with van der Waals surface area (Å²) in [7, 11) is 0. The molecule has 5 heteroatoms. The van der Waals surface area contributed by atoms with Crippen LogP contribution in [0.25, 0.3) is 0 Å². The summed E-state index contributed by atoms with van der Waals surface area (Å²) in [5, 5.41) is 21.7. The van der Waals surface area contributed by atoms with E-state index in [4.69, 9.17) is 11.6 Å². The molecule has 0 fully saturated rings. The Morgan fingerprint density at radius 3 is 2.47 bits per heavy atom. The Bertz CT molecular complexity index is 436. The van der Waals surface area contributed by atoms with Crippen molar-refractivity contribution in [1.29, 1.82) is 0 Å². The number of alkyl halides is 1. The van der Waals surface area contributed by atoms with Gasteiger partial charge in [0.1, 0.15) is 11.5 Å². The number of carbonyl (C=O) groups excluding carboxylic acids is 1. The highest BCUT2D eigenvalue weighted by Crippen LogP contribution is 2.27. The maximum Gasteiger partial charge on any atom is 0.255 e. The molecule has 0 saturated carbocycles. The average Bonchev–Trinajstić information content (AvgIpc) is 2.43. The molecule has 0 bridgehead atoms. The molecule has 0 radical (unpaired) electrons. The first-order valence-electron chi connectivity index (χ1n) is 6.34. The van der Waals surface area contributed by atoms with Crippen molar-refractivity contribution in [3.05, 3.63) is 23.8 Å². The molecule has 0 aromatic heterocycles. The number of hydrogen-bond donors (Lipinski definition) is 3. The van der Waals surface area contributed by atoms with E-state index in [9.17, 15) is 15.0 Å². The summed E-state index contributed by atoms with van der Waals surface area (Å²) in [4.78, 5) is 12.0. The maximum atomic E-state index is 12.0. The average molecular weight is 286 g/mol. The van der Waals surface area contributed by atoms with Gasteiger partial charge < -0.3 is 15.5 Å². The van der Waals surface area contributed by atoms with E-state index in [0.717, 1.165) is 12.8 Å². The SMILES string of the molecule is CCC(CC)(CCl)CNC(=O)c1cc(O)ccc1O. The second kappa shape index (κ2) is 6.66. The molecule has 106 valence electrons. The van der Waals surface area contributed by atoms with Crippen molar-refractivity contribution in [3.63, 3.8) is 0 Å². The number of halogens is 1. The number of aromatic hydroxyl groups is 2. The first kappa shape index (κ1) is 15.6. The van der Waals surface area contributed by atoms with Gasteiger partial charge >= 0.3 is 0 Å². The molecule has 4 nitrogen and oxygen atoms in total. The molecule has 0 aliphatic rings. The molecule has 3 N–H and O–H groups in total. The van der Waals surface area contributed by atoms with Crippen molar-refractivity contribution < 1.29 is 15.0 Å². The molecule has 0 atom stereocenters. The third-order valence-electron chi connectivity index (χ3n) is 3.63. The van der Waals surface area contributed by atoms with E-state index < -0.39 is 5.91 Å². The predicted molar refractivity (Wildman–Crippen MR) is 75.8 cm³/mol. The number of phenols is 2.